The molecule has 2 atom stereocenters. The zero-order chi connectivity index (χ0) is 22.1. The molecule has 0 aliphatic carbocycles. The Morgan fingerprint density at radius 3 is 2.55 bits per heavy atom. The number of hydrogen-bond donors (Lipinski definition) is 1. The summed E-state index contributed by atoms with van der Waals surface area (Å²) in [4.78, 5) is 22.0. The topological polar surface area (TPSA) is 111 Å². The van der Waals surface area contributed by atoms with Gasteiger partial charge in [0.1, 0.15) is 30.1 Å². The van der Waals surface area contributed by atoms with E-state index in [1.54, 1.807) is 18.2 Å². The molecule has 12 heteroatoms. The first-order chi connectivity index (χ1) is 14.2. The molecule has 7 nitrogen and oxygen atoms in total. The molecule has 0 spiro atoms. The maximum atomic E-state index is 13.0. The van der Waals surface area contributed by atoms with Gasteiger partial charge >= 0.3 is 18.9 Å². The van der Waals surface area contributed by atoms with Gasteiger partial charge in [-0.05, 0) is 29.8 Å². The van der Waals surface area contributed by atoms with E-state index in [0.29, 0.717) is 16.3 Å². The number of aliphatic hydroxyl groups excluding tert-OH is 1. The molecule has 2 aromatic carbocycles. The predicted molar refractivity (Wildman–Crippen MR) is 107 cm³/mol. The van der Waals surface area contributed by atoms with Crippen molar-refractivity contribution in [3.05, 3.63) is 63.4 Å². The standard InChI is InChI=1S/C19H18Cl2FO7P.Li/c20-13-5-17(21)16(9-27-11-29-30(26)10-15(23)7-19(24)25)18(6-13)28-8-12-1-3-14(22)4-2-12;/h1-6,10,15,23H,7-9,11H2,(H,24,25);/q;+1/p-1/t15-;/m0./s1. The summed E-state index contributed by atoms with van der Waals surface area (Å²) in [5.74, 6) is -0.663. The van der Waals surface area contributed by atoms with Crippen LogP contribution in [0.5, 0.6) is 5.75 Å². The van der Waals surface area contributed by atoms with Gasteiger partial charge in [0, 0.05) is 23.0 Å². The Morgan fingerprint density at radius 2 is 1.90 bits per heavy atom. The maximum Gasteiger partial charge on any atom is 1.00 e. The molecule has 162 valence electrons. The normalized spacial score (nSPS) is 12.2. The van der Waals surface area contributed by atoms with Gasteiger partial charge in [-0.2, -0.15) is 4.52 Å². The van der Waals surface area contributed by atoms with Crippen LogP contribution in [0, 0.1) is 5.82 Å². The zero-order valence-corrected chi connectivity index (χ0v) is 18.8. The summed E-state index contributed by atoms with van der Waals surface area (Å²) in [6.07, 6.45) is -2.16. The van der Waals surface area contributed by atoms with Crippen LogP contribution in [-0.2, 0) is 27.3 Å². The Kier molecular flexibility index (Phi) is 12.6. The van der Waals surface area contributed by atoms with Crippen LogP contribution in [0.15, 0.2) is 36.4 Å². The number of ether oxygens (including phenoxy) is 2. The van der Waals surface area contributed by atoms with Crippen LogP contribution < -0.4 is 33.6 Å². The number of carbonyl (C=O) groups excluding carboxylic acids is 1. The molecule has 0 saturated heterocycles. The number of hydrogen-bond acceptors (Lipinski definition) is 7. The van der Waals surface area contributed by atoms with Crippen molar-refractivity contribution in [3.8, 4) is 5.75 Å². The van der Waals surface area contributed by atoms with Gasteiger partial charge in [-0.3, -0.25) is 0 Å². The molecule has 0 aliphatic rings. The molecule has 0 saturated carbocycles. The van der Waals surface area contributed by atoms with Crippen molar-refractivity contribution in [3.63, 3.8) is 0 Å². The SMILES string of the molecule is O=C([O-])C[C@H](O)C=[P+]([O-])OCOCc1c(Cl)cc(Cl)cc1OCc1ccc(F)cc1.[Li+]. The summed E-state index contributed by atoms with van der Waals surface area (Å²) in [5.41, 5.74) is 1.19. The molecule has 0 aromatic heterocycles. The number of carboxylic acid groups (broad SMARTS) is 1. The molecule has 0 bridgehead atoms. The van der Waals surface area contributed by atoms with Crippen molar-refractivity contribution in [2.24, 2.45) is 0 Å². The quantitative estimate of drug-likeness (QED) is 0.192. The third kappa shape index (κ3) is 10.3. The van der Waals surface area contributed by atoms with Gasteiger partial charge in [0.25, 0.3) is 0 Å². The Bertz CT molecular complexity index is 900. The van der Waals surface area contributed by atoms with Crippen LogP contribution in [0.1, 0.15) is 17.5 Å². The first-order valence-corrected chi connectivity index (χ1v) is 10.5. The minimum absolute atomic E-state index is 0. The Morgan fingerprint density at radius 1 is 1.23 bits per heavy atom. The van der Waals surface area contributed by atoms with Crippen LogP contribution in [-0.4, -0.2) is 29.8 Å². The van der Waals surface area contributed by atoms with E-state index < -0.39 is 33.3 Å². The summed E-state index contributed by atoms with van der Waals surface area (Å²) < 4.78 is 28.9. The molecule has 0 heterocycles. The van der Waals surface area contributed by atoms with Gasteiger partial charge in [0.15, 0.2) is 6.79 Å². The van der Waals surface area contributed by atoms with Gasteiger partial charge in [-0.1, -0.05) is 35.3 Å². The molecule has 2 rings (SSSR count). The van der Waals surface area contributed by atoms with Gasteiger partial charge < -0.3 is 29.4 Å². The fourth-order valence-electron chi connectivity index (χ4n) is 2.23. The number of aliphatic hydroxyl groups is 1. The summed E-state index contributed by atoms with van der Waals surface area (Å²) in [6, 6.07) is 8.82. The average Bonchev–Trinajstić information content (AvgIpc) is 2.65. The van der Waals surface area contributed by atoms with E-state index in [2.05, 4.69) is 0 Å². The van der Waals surface area contributed by atoms with Crippen LogP contribution >= 0.6 is 31.2 Å². The third-order valence-corrected chi connectivity index (χ3v) is 5.11. The number of benzene rings is 2. The van der Waals surface area contributed by atoms with Crippen LogP contribution in [0.4, 0.5) is 4.39 Å². The van der Waals surface area contributed by atoms with Gasteiger partial charge in [0.05, 0.1) is 11.6 Å². The number of aliphatic carboxylic acids is 1. The molecule has 0 fully saturated rings. The summed E-state index contributed by atoms with van der Waals surface area (Å²) >= 11 is 12.2. The second kappa shape index (κ2) is 14.1. The smallest absolute Gasteiger partial charge is 0.603 e. The average molecular weight is 485 g/mol. The Balaban J connectivity index is 0.00000480. The molecule has 2 aromatic rings. The molecule has 0 amide bonds. The van der Waals surface area contributed by atoms with Crippen molar-refractivity contribution >= 4 is 43.0 Å². The fraction of sp³-hybridized carbons (Fsp3) is 0.263. The Hall–Kier alpha value is -1.17. The minimum Gasteiger partial charge on any atom is -0.603 e. The predicted octanol–water partition coefficient (Wildman–Crippen LogP) is -0.818. The third-order valence-electron chi connectivity index (χ3n) is 3.61. The molecular formula is C19H17Cl2FLiO7P. The zero-order valence-electron chi connectivity index (χ0n) is 16.4. The largest absolute Gasteiger partial charge is 1.00 e. The van der Waals surface area contributed by atoms with E-state index in [4.69, 9.17) is 37.2 Å². The van der Waals surface area contributed by atoms with Crippen molar-refractivity contribution in [1.82, 2.24) is 0 Å². The summed E-state index contributed by atoms with van der Waals surface area (Å²) in [6.45, 7) is -0.350. The summed E-state index contributed by atoms with van der Waals surface area (Å²) in [5, 5.41) is 20.3. The first-order valence-electron chi connectivity index (χ1n) is 8.49. The van der Waals surface area contributed by atoms with Crippen molar-refractivity contribution in [1.29, 1.82) is 0 Å². The number of halogens is 3. The van der Waals surface area contributed by atoms with E-state index in [1.165, 1.54) is 18.2 Å². The van der Waals surface area contributed by atoms with Crippen LogP contribution in [0.25, 0.3) is 0 Å². The molecule has 1 N–H and O–H groups in total. The first kappa shape index (κ1) is 27.9. The summed E-state index contributed by atoms with van der Waals surface area (Å²) in [7, 11) is -2.45. The number of carbonyl (C=O) groups is 1. The molecule has 0 aliphatic heterocycles. The molecular weight excluding hydrogens is 468 g/mol. The van der Waals surface area contributed by atoms with Gasteiger partial charge in [-0.15, -0.1) is 0 Å². The van der Waals surface area contributed by atoms with Crippen molar-refractivity contribution < 1.29 is 57.1 Å². The van der Waals surface area contributed by atoms with Crippen LogP contribution in [0.3, 0.4) is 0 Å². The monoisotopic (exact) mass is 484 g/mol. The van der Waals surface area contributed by atoms with E-state index >= 15 is 0 Å². The Labute approximate surface area is 201 Å². The number of rotatable bonds is 11. The maximum absolute atomic E-state index is 13.0. The second-order valence-electron chi connectivity index (χ2n) is 5.95. The second-order valence-corrected chi connectivity index (χ2v) is 7.92. The molecule has 1 unspecified atom stereocenters. The van der Waals surface area contributed by atoms with Gasteiger partial charge in [-0.25, -0.2) is 4.39 Å². The van der Waals surface area contributed by atoms with Crippen LogP contribution in [0.2, 0.25) is 10.0 Å². The van der Waals surface area contributed by atoms with E-state index in [0.717, 1.165) is 11.4 Å². The minimum atomic E-state index is -2.45. The number of carboxylic acids is 1. The van der Waals surface area contributed by atoms with E-state index in [9.17, 15) is 24.3 Å². The van der Waals surface area contributed by atoms with Crippen molar-refractivity contribution in [2.75, 3.05) is 6.79 Å². The molecule has 0 radical (unpaired) electrons. The molecule has 31 heavy (non-hydrogen) atoms. The van der Waals surface area contributed by atoms with E-state index in [1.807, 2.05) is 0 Å². The fourth-order valence-corrected chi connectivity index (χ4v) is 3.41. The van der Waals surface area contributed by atoms with Gasteiger partial charge in [0.2, 0.25) is 8.00 Å². The van der Waals surface area contributed by atoms with E-state index in [-0.39, 0.29) is 42.9 Å². The van der Waals surface area contributed by atoms with Crippen molar-refractivity contribution in [2.45, 2.75) is 25.7 Å².